The molecule has 1 aliphatic rings. The van der Waals surface area contributed by atoms with Crippen LogP contribution in [0.3, 0.4) is 0 Å². The van der Waals surface area contributed by atoms with Crippen LogP contribution in [-0.4, -0.2) is 24.5 Å². The van der Waals surface area contributed by atoms with E-state index in [0.29, 0.717) is 11.8 Å². The van der Waals surface area contributed by atoms with Crippen LogP contribution in [0.4, 0.5) is 4.39 Å². The number of benzene rings is 1. The summed E-state index contributed by atoms with van der Waals surface area (Å²) in [6.45, 7) is 14.2. The third-order valence-corrected chi connectivity index (χ3v) is 4.51. The zero-order valence-electron chi connectivity index (χ0n) is 13.0. The fraction of sp³-hybridized carbons (Fsp3) is 0.556. The van der Waals surface area contributed by atoms with Gasteiger partial charge in [-0.25, -0.2) is 4.39 Å². The first kappa shape index (κ1) is 15.2. The quantitative estimate of drug-likeness (QED) is 0.770. The Morgan fingerprint density at radius 1 is 1.35 bits per heavy atom. The lowest BCUT2D eigenvalue weighted by Crippen LogP contribution is -2.33. The normalized spacial score (nSPS) is 17.6. The molecular formula is C18H26FN. The second-order valence-electron chi connectivity index (χ2n) is 6.12. The molecule has 0 aliphatic carbocycles. The van der Waals surface area contributed by atoms with Gasteiger partial charge < -0.3 is 4.90 Å². The minimum absolute atomic E-state index is 0.156. The van der Waals surface area contributed by atoms with Gasteiger partial charge in [0.2, 0.25) is 0 Å². The summed E-state index contributed by atoms with van der Waals surface area (Å²) in [5.74, 6) is 0.742. The zero-order chi connectivity index (χ0) is 14.7. The number of rotatable bonds is 4. The number of piperidine rings is 1. The van der Waals surface area contributed by atoms with Crippen molar-refractivity contribution in [3.63, 3.8) is 0 Å². The fourth-order valence-electron chi connectivity index (χ4n) is 3.13. The van der Waals surface area contributed by atoms with Crippen molar-refractivity contribution in [1.82, 2.24) is 4.90 Å². The van der Waals surface area contributed by atoms with Gasteiger partial charge in [0.1, 0.15) is 5.82 Å². The predicted molar refractivity (Wildman–Crippen MR) is 84.4 cm³/mol. The van der Waals surface area contributed by atoms with Gasteiger partial charge in [-0.05, 0) is 73.1 Å². The van der Waals surface area contributed by atoms with E-state index < -0.39 is 0 Å². The van der Waals surface area contributed by atoms with Crippen LogP contribution in [0.15, 0.2) is 24.8 Å². The van der Waals surface area contributed by atoms with Crippen LogP contribution in [0.1, 0.15) is 50.7 Å². The third kappa shape index (κ3) is 3.29. The second-order valence-corrected chi connectivity index (χ2v) is 6.12. The van der Waals surface area contributed by atoms with Crippen LogP contribution in [0, 0.1) is 11.7 Å². The second kappa shape index (κ2) is 6.53. The molecule has 0 saturated carbocycles. The van der Waals surface area contributed by atoms with Crippen LogP contribution < -0.4 is 0 Å². The van der Waals surface area contributed by atoms with E-state index in [2.05, 4.69) is 32.3 Å². The zero-order valence-corrected chi connectivity index (χ0v) is 13.0. The van der Waals surface area contributed by atoms with Crippen LogP contribution in [0.5, 0.6) is 0 Å². The summed E-state index contributed by atoms with van der Waals surface area (Å²) in [4.78, 5) is 2.47. The van der Waals surface area contributed by atoms with E-state index in [4.69, 9.17) is 0 Å². The van der Waals surface area contributed by atoms with E-state index >= 15 is 0 Å². The molecule has 0 aromatic heterocycles. The summed E-state index contributed by atoms with van der Waals surface area (Å²) in [7, 11) is 0. The van der Waals surface area contributed by atoms with E-state index in [9.17, 15) is 4.39 Å². The van der Waals surface area contributed by atoms with Gasteiger partial charge in [-0.15, -0.1) is 0 Å². The Balaban J connectivity index is 2.19. The summed E-state index contributed by atoms with van der Waals surface area (Å²) in [6, 6.07) is 5.15. The van der Waals surface area contributed by atoms with Gasteiger partial charge in [0.25, 0.3) is 0 Å². The summed E-state index contributed by atoms with van der Waals surface area (Å²) < 4.78 is 13.6. The monoisotopic (exact) mass is 275 g/mol. The summed E-state index contributed by atoms with van der Waals surface area (Å²) in [6.07, 6.45) is 2.28. The molecule has 0 atom stereocenters. The van der Waals surface area contributed by atoms with Crippen molar-refractivity contribution >= 4 is 5.57 Å². The Kier molecular flexibility index (Phi) is 4.98. The van der Waals surface area contributed by atoms with Crippen molar-refractivity contribution in [3.8, 4) is 0 Å². The average molecular weight is 275 g/mol. The van der Waals surface area contributed by atoms with E-state index in [1.165, 1.54) is 5.56 Å². The first-order chi connectivity index (χ1) is 9.52. The van der Waals surface area contributed by atoms with Crippen molar-refractivity contribution < 1.29 is 4.39 Å². The molecule has 1 aromatic rings. The fourth-order valence-corrected chi connectivity index (χ4v) is 3.13. The van der Waals surface area contributed by atoms with Crippen molar-refractivity contribution in [2.45, 2.75) is 39.5 Å². The number of hydrogen-bond acceptors (Lipinski definition) is 1. The van der Waals surface area contributed by atoms with Gasteiger partial charge in [-0.2, -0.15) is 0 Å². The molecule has 1 heterocycles. The molecule has 2 heteroatoms. The minimum Gasteiger partial charge on any atom is -0.304 e. The lowest BCUT2D eigenvalue weighted by molar-refractivity contribution is 0.216. The molecule has 20 heavy (non-hydrogen) atoms. The molecular weight excluding hydrogens is 249 g/mol. The lowest BCUT2D eigenvalue weighted by atomic mass is 9.82. The topological polar surface area (TPSA) is 3.24 Å². The Bertz CT molecular complexity index is 470. The highest BCUT2D eigenvalue weighted by Gasteiger charge is 2.23. The largest absolute Gasteiger partial charge is 0.304 e. The Morgan fingerprint density at radius 3 is 2.55 bits per heavy atom. The van der Waals surface area contributed by atoms with Gasteiger partial charge >= 0.3 is 0 Å². The highest BCUT2D eigenvalue weighted by molar-refractivity contribution is 5.68. The van der Waals surface area contributed by atoms with Gasteiger partial charge in [0.15, 0.2) is 0 Å². The molecule has 0 N–H and O–H groups in total. The van der Waals surface area contributed by atoms with Crippen LogP contribution in [0.2, 0.25) is 0 Å². The van der Waals surface area contributed by atoms with Crippen LogP contribution in [0.25, 0.3) is 5.57 Å². The standard InChI is InChI=1S/C18H26FN/c1-5-20-10-8-15(9-11-20)14(4)18-12-16(19)6-7-17(18)13(2)3/h6-7,12-13,15H,4-5,8-11H2,1-3H3. The van der Waals surface area contributed by atoms with Gasteiger partial charge in [0.05, 0.1) is 0 Å². The molecule has 0 bridgehead atoms. The third-order valence-electron chi connectivity index (χ3n) is 4.51. The van der Waals surface area contributed by atoms with E-state index in [0.717, 1.165) is 43.6 Å². The first-order valence-electron chi connectivity index (χ1n) is 7.73. The maximum Gasteiger partial charge on any atom is 0.123 e. The molecule has 1 aromatic carbocycles. The smallest absolute Gasteiger partial charge is 0.123 e. The summed E-state index contributed by atoms with van der Waals surface area (Å²) in [5.41, 5.74) is 3.38. The number of allylic oxidation sites excluding steroid dienone is 1. The van der Waals surface area contributed by atoms with Crippen molar-refractivity contribution in [3.05, 3.63) is 41.7 Å². The number of likely N-dealkylation sites (tertiary alicyclic amines) is 1. The molecule has 110 valence electrons. The molecule has 0 amide bonds. The minimum atomic E-state index is -0.156. The van der Waals surface area contributed by atoms with Gasteiger partial charge in [0, 0.05) is 0 Å². The molecule has 1 fully saturated rings. The average Bonchev–Trinajstić information content (AvgIpc) is 2.46. The van der Waals surface area contributed by atoms with E-state index in [1.54, 1.807) is 12.1 Å². The van der Waals surface area contributed by atoms with Crippen LogP contribution in [-0.2, 0) is 0 Å². The van der Waals surface area contributed by atoms with E-state index in [-0.39, 0.29) is 5.82 Å². The molecule has 0 radical (unpaired) electrons. The highest BCUT2D eigenvalue weighted by atomic mass is 19.1. The van der Waals surface area contributed by atoms with Crippen molar-refractivity contribution in [2.75, 3.05) is 19.6 Å². The van der Waals surface area contributed by atoms with E-state index in [1.807, 2.05) is 6.07 Å². The maximum atomic E-state index is 13.6. The summed E-state index contributed by atoms with van der Waals surface area (Å²) in [5, 5.41) is 0. The lowest BCUT2D eigenvalue weighted by Gasteiger charge is -2.33. The Labute approximate surface area is 122 Å². The maximum absolute atomic E-state index is 13.6. The van der Waals surface area contributed by atoms with Crippen molar-refractivity contribution in [2.24, 2.45) is 5.92 Å². The number of nitrogens with zero attached hydrogens (tertiary/aromatic N) is 1. The molecule has 1 aliphatic heterocycles. The van der Waals surface area contributed by atoms with Gasteiger partial charge in [-0.3, -0.25) is 0 Å². The number of hydrogen-bond donors (Lipinski definition) is 0. The van der Waals surface area contributed by atoms with Crippen molar-refractivity contribution in [1.29, 1.82) is 0 Å². The molecule has 1 nitrogen and oxygen atoms in total. The Morgan fingerprint density at radius 2 is 2.00 bits per heavy atom. The van der Waals surface area contributed by atoms with Gasteiger partial charge in [-0.1, -0.05) is 33.4 Å². The Hall–Kier alpha value is -1.15. The molecule has 0 spiro atoms. The summed E-state index contributed by atoms with van der Waals surface area (Å²) >= 11 is 0. The first-order valence-corrected chi connectivity index (χ1v) is 7.73. The highest BCUT2D eigenvalue weighted by Crippen LogP contribution is 2.34. The SMILES string of the molecule is C=C(c1cc(F)ccc1C(C)C)C1CCN(CC)CC1. The molecule has 2 rings (SSSR count). The number of halogens is 1. The van der Waals surface area contributed by atoms with Crippen LogP contribution >= 0.6 is 0 Å². The predicted octanol–water partition coefficient (Wildman–Crippen LogP) is 4.69. The molecule has 1 saturated heterocycles. The molecule has 0 unspecified atom stereocenters.